The van der Waals surface area contributed by atoms with E-state index in [9.17, 15) is 9.59 Å². The zero-order valence-corrected chi connectivity index (χ0v) is 30.4. The van der Waals surface area contributed by atoms with E-state index < -0.39 is 0 Å². The van der Waals surface area contributed by atoms with Crippen molar-refractivity contribution in [1.29, 1.82) is 0 Å². The summed E-state index contributed by atoms with van der Waals surface area (Å²) >= 11 is 0. The molecular formula is C35H68O4Si. The van der Waals surface area contributed by atoms with E-state index >= 15 is 0 Å². The third kappa shape index (κ3) is 20.6. The molecule has 0 spiro atoms. The number of allylic oxidation sites excluding steroid dienone is 3. The molecule has 5 heteroatoms. The van der Waals surface area contributed by atoms with Gasteiger partial charge in [0.2, 0.25) is 0 Å². The molecule has 0 aromatic heterocycles. The number of carbonyl (C=O) groups is 2. The smallest absolute Gasteiger partial charge is 0.305 e. The lowest BCUT2D eigenvalue weighted by molar-refractivity contribution is -0.140. The van der Waals surface area contributed by atoms with Gasteiger partial charge in [-0.2, -0.15) is 0 Å². The lowest BCUT2D eigenvalue weighted by atomic mass is 9.71. The number of carbonyl (C=O) groups excluding carboxylic acids is 2. The first-order valence-corrected chi connectivity index (χ1v) is 18.9. The van der Waals surface area contributed by atoms with Gasteiger partial charge in [0.25, 0.3) is 0 Å². The largest absolute Gasteiger partial charge is 0.469 e. The van der Waals surface area contributed by atoms with Crippen LogP contribution in [-0.4, -0.2) is 40.1 Å². The standard InChI is InChI=1S/C25H42O4.C8H18.C2H8Si/c1-6-7-8-9-10-14-17-21-20(16-13-11-12-15-18-24(27)28-5)22(26)19-23(21)29-25(2,3)4;1-7(2,3)8(4,5)6;1-3-2/h11,13-14,17,20-21,23H,6-10,12,15-16,18-19H2,1-5H3;1-6H3;3H2,1-2H3/b13-11-,17-14+;;/t20-,21-,23?;;/m1../s1. The molecule has 0 N–H and O–H groups in total. The molecule has 0 saturated heterocycles. The third-order valence-electron chi connectivity index (χ3n) is 7.58. The van der Waals surface area contributed by atoms with Crippen molar-refractivity contribution in [3.05, 3.63) is 24.3 Å². The van der Waals surface area contributed by atoms with Crippen LogP contribution in [0.3, 0.4) is 0 Å². The topological polar surface area (TPSA) is 52.6 Å². The Balaban J connectivity index is 0. The van der Waals surface area contributed by atoms with Crippen LogP contribution in [0.25, 0.3) is 0 Å². The molecular weight excluding hydrogens is 512 g/mol. The van der Waals surface area contributed by atoms with Crippen molar-refractivity contribution in [3.8, 4) is 0 Å². The van der Waals surface area contributed by atoms with Gasteiger partial charge in [0.15, 0.2) is 0 Å². The summed E-state index contributed by atoms with van der Waals surface area (Å²) in [5, 5.41) is 0. The van der Waals surface area contributed by atoms with E-state index in [1.165, 1.54) is 32.8 Å². The van der Waals surface area contributed by atoms with Gasteiger partial charge < -0.3 is 9.47 Å². The van der Waals surface area contributed by atoms with E-state index in [0.29, 0.717) is 39.0 Å². The second-order valence-electron chi connectivity index (χ2n) is 14.3. The number of ketones is 1. The first-order chi connectivity index (χ1) is 18.4. The zero-order valence-electron chi connectivity index (χ0n) is 29.0. The van der Waals surface area contributed by atoms with Crippen LogP contribution < -0.4 is 0 Å². The van der Waals surface area contributed by atoms with Crippen LogP contribution in [0.15, 0.2) is 24.3 Å². The summed E-state index contributed by atoms with van der Waals surface area (Å²) < 4.78 is 10.9. The molecule has 40 heavy (non-hydrogen) atoms. The van der Waals surface area contributed by atoms with Gasteiger partial charge in [-0.25, -0.2) is 0 Å². The molecule has 0 aromatic carbocycles. The Morgan fingerprint density at radius 1 is 0.875 bits per heavy atom. The van der Waals surface area contributed by atoms with E-state index in [0.717, 1.165) is 25.7 Å². The Morgan fingerprint density at radius 2 is 1.43 bits per heavy atom. The van der Waals surface area contributed by atoms with Crippen molar-refractivity contribution < 1.29 is 19.1 Å². The average molecular weight is 581 g/mol. The summed E-state index contributed by atoms with van der Waals surface area (Å²) in [5.41, 5.74) is 0.622. The molecule has 0 amide bonds. The van der Waals surface area contributed by atoms with Gasteiger partial charge in [-0.15, -0.1) is 0 Å². The minimum atomic E-state index is -0.253. The average Bonchev–Trinajstić information content (AvgIpc) is 3.10. The van der Waals surface area contributed by atoms with Crippen molar-refractivity contribution in [1.82, 2.24) is 0 Å². The fourth-order valence-electron chi connectivity index (χ4n) is 3.85. The fraction of sp³-hybridized carbons (Fsp3) is 0.829. The van der Waals surface area contributed by atoms with Crippen molar-refractivity contribution in [2.24, 2.45) is 22.7 Å². The Bertz CT molecular complexity index is 707. The third-order valence-corrected chi connectivity index (χ3v) is 7.58. The highest BCUT2D eigenvalue weighted by molar-refractivity contribution is 6.31. The van der Waals surface area contributed by atoms with Gasteiger partial charge in [-0.1, -0.05) is 105 Å². The predicted molar refractivity (Wildman–Crippen MR) is 178 cm³/mol. The van der Waals surface area contributed by atoms with Crippen LogP contribution in [0.2, 0.25) is 13.1 Å². The first-order valence-electron chi connectivity index (χ1n) is 16.0. The number of Topliss-reactive ketones (excluding diaryl/α,β-unsaturated/α-hetero) is 1. The number of hydrogen-bond donors (Lipinski definition) is 0. The second-order valence-corrected chi connectivity index (χ2v) is 15.7. The molecule has 3 atom stereocenters. The highest BCUT2D eigenvalue weighted by atomic mass is 28.2. The Hall–Kier alpha value is -1.20. The molecule has 1 aliphatic rings. The van der Waals surface area contributed by atoms with Gasteiger partial charge in [0.05, 0.1) is 18.8 Å². The Morgan fingerprint density at radius 3 is 1.90 bits per heavy atom. The van der Waals surface area contributed by atoms with Crippen molar-refractivity contribution in [3.63, 3.8) is 0 Å². The number of methoxy groups -OCH3 is 1. The van der Waals surface area contributed by atoms with E-state index in [-0.39, 0.29) is 29.5 Å². The summed E-state index contributed by atoms with van der Waals surface area (Å²) in [4.78, 5) is 23.9. The van der Waals surface area contributed by atoms with Gasteiger partial charge in [-0.05, 0) is 63.7 Å². The molecule has 236 valence electrons. The van der Waals surface area contributed by atoms with Crippen molar-refractivity contribution >= 4 is 21.3 Å². The summed E-state index contributed by atoms with van der Waals surface area (Å²) in [6.45, 7) is 26.5. The van der Waals surface area contributed by atoms with E-state index in [1.54, 1.807) is 0 Å². The van der Waals surface area contributed by atoms with Gasteiger partial charge in [-0.3, -0.25) is 9.59 Å². The highest BCUT2D eigenvalue weighted by Gasteiger charge is 2.42. The molecule has 1 rings (SSSR count). The quantitative estimate of drug-likeness (QED) is 0.0942. The first kappa shape index (κ1) is 40.9. The van der Waals surface area contributed by atoms with E-state index in [4.69, 9.17) is 4.74 Å². The molecule has 0 radical (unpaired) electrons. The predicted octanol–water partition coefficient (Wildman–Crippen LogP) is 9.52. The molecule has 1 aliphatic carbocycles. The summed E-state index contributed by atoms with van der Waals surface area (Å²) in [5.74, 6) is 0.272. The molecule has 4 nitrogen and oxygen atoms in total. The number of ether oxygens (including phenoxy) is 2. The van der Waals surface area contributed by atoms with E-state index in [2.05, 4.69) is 111 Å². The summed E-state index contributed by atoms with van der Waals surface area (Å²) in [7, 11) is 1.83. The number of esters is 1. The maximum atomic E-state index is 12.7. The molecule has 0 bridgehead atoms. The lowest BCUT2D eigenvalue weighted by Crippen LogP contribution is -2.30. The van der Waals surface area contributed by atoms with Gasteiger partial charge in [0, 0.05) is 34.2 Å². The molecule has 0 heterocycles. The summed E-state index contributed by atoms with van der Waals surface area (Å²) in [6.07, 6.45) is 18.0. The van der Waals surface area contributed by atoms with Crippen LogP contribution in [0.5, 0.6) is 0 Å². The molecule has 0 aromatic rings. The van der Waals surface area contributed by atoms with Crippen LogP contribution in [0.4, 0.5) is 0 Å². The Kier molecular flexibility index (Phi) is 22.0. The highest BCUT2D eigenvalue weighted by Crippen LogP contribution is 2.38. The molecule has 1 fully saturated rings. The SMILES string of the molecule is CC(C)(C)C(C)(C)C.CCCCCC/C=C/[C@H]1C(OC(C)(C)C)CC(=O)[C@@H]1C/C=C\CCCC(=O)OC.C[SiH2]C. The van der Waals surface area contributed by atoms with Gasteiger partial charge >= 0.3 is 5.97 Å². The monoisotopic (exact) mass is 580 g/mol. The maximum Gasteiger partial charge on any atom is 0.305 e. The zero-order chi connectivity index (χ0) is 31.4. The van der Waals surface area contributed by atoms with Crippen LogP contribution in [0.1, 0.15) is 133 Å². The minimum absolute atomic E-state index is 0.00824. The second kappa shape index (κ2) is 21.5. The molecule has 0 aliphatic heterocycles. The van der Waals surface area contributed by atoms with Gasteiger partial charge in [0.1, 0.15) is 5.78 Å². The van der Waals surface area contributed by atoms with Crippen molar-refractivity contribution in [2.45, 2.75) is 158 Å². The Labute approximate surface area is 252 Å². The number of rotatable bonds is 13. The maximum absolute atomic E-state index is 12.7. The minimum Gasteiger partial charge on any atom is -0.469 e. The van der Waals surface area contributed by atoms with Crippen LogP contribution in [0, 0.1) is 22.7 Å². The van der Waals surface area contributed by atoms with Crippen LogP contribution >= 0.6 is 0 Å². The molecule has 1 unspecified atom stereocenters. The number of hydrogen-bond acceptors (Lipinski definition) is 4. The van der Waals surface area contributed by atoms with Crippen molar-refractivity contribution in [2.75, 3.05) is 7.11 Å². The summed E-state index contributed by atoms with van der Waals surface area (Å²) in [6, 6.07) is 0. The molecule has 1 saturated carbocycles. The normalized spacial score (nSPS) is 19.8. The lowest BCUT2D eigenvalue weighted by Gasteiger charge is -2.34. The number of unbranched alkanes of at least 4 members (excludes halogenated alkanes) is 5. The van der Waals surface area contributed by atoms with Crippen LogP contribution in [-0.2, 0) is 19.1 Å². The van der Waals surface area contributed by atoms with E-state index in [1.807, 2.05) is 0 Å². The fourth-order valence-corrected chi connectivity index (χ4v) is 3.85.